The molecule has 4 aliphatic rings. The Labute approximate surface area is 153 Å². The van der Waals surface area contributed by atoms with E-state index in [-0.39, 0.29) is 5.41 Å². The van der Waals surface area contributed by atoms with E-state index in [9.17, 15) is 9.90 Å². The zero-order valence-electron chi connectivity index (χ0n) is 15.1. The molecule has 6 rings (SSSR count). The summed E-state index contributed by atoms with van der Waals surface area (Å²) in [6.45, 7) is 1.75. The molecule has 1 N–H and O–H groups in total. The Hall–Kier alpha value is -2.17. The van der Waals surface area contributed by atoms with Gasteiger partial charge in [0.2, 0.25) is 0 Å². The quantitative estimate of drug-likeness (QED) is 0.902. The van der Waals surface area contributed by atoms with Gasteiger partial charge in [0.25, 0.3) is 0 Å². The zero-order chi connectivity index (χ0) is 17.9. The third-order valence-electron chi connectivity index (χ3n) is 6.99. The third-order valence-corrected chi connectivity index (χ3v) is 6.99. The lowest BCUT2D eigenvalue weighted by Gasteiger charge is -2.56. The van der Waals surface area contributed by atoms with Crippen molar-refractivity contribution in [3.8, 4) is 11.4 Å². The van der Waals surface area contributed by atoms with Gasteiger partial charge in [-0.15, -0.1) is 10.2 Å². The summed E-state index contributed by atoms with van der Waals surface area (Å²) in [6, 6.07) is 9.19. The van der Waals surface area contributed by atoms with Crippen LogP contribution < -0.4 is 0 Å². The van der Waals surface area contributed by atoms with Crippen LogP contribution in [0.3, 0.4) is 0 Å². The van der Waals surface area contributed by atoms with Gasteiger partial charge >= 0.3 is 5.97 Å². The Morgan fingerprint density at radius 2 is 1.65 bits per heavy atom. The van der Waals surface area contributed by atoms with Gasteiger partial charge in [0.05, 0.1) is 0 Å². The molecule has 0 radical (unpaired) electrons. The number of benzene rings is 1. The van der Waals surface area contributed by atoms with Gasteiger partial charge in [-0.25, -0.2) is 4.79 Å². The van der Waals surface area contributed by atoms with Crippen molar-refractivity contribution in [3.05, 3.63) is 36.2 Å². The molecule has 1 atom stereocenters. The predicted molar refractivity (Wildman–Crippen MR) is 97.7 cm³/mol. The zero-order valence-corrected chi connectivity index (χ0v) is 15.1. The van der Waals surface area contributed by atoms with Crippen LogP contribution in [-0.4, -0.2) is 25.8 Å². The first-order valence-corrected chi connectivity index (χ1v) is 9.79. The smallest absolute Gasteiger partial charge is 0.326 e. The lowest BCUT2D eigenvalue weighted by Crippen LogP contribution is -2.50. The van der Waals surface area contributed by atoms with Crippen LogP contribution in [0.25, 0.3) is 11.4 Å². The highest BCUT2D eigenvalue weighted by Gasteiger charge is 2.54. The van der Waals surface area contributed by atoms with Gasteiger partial charge in [-0.3, -0.25) is 4.57 Å². The SMILES string of the molecule is CC(C(=O)O)n1c(-c2ccccc2)nnc1C12CC3CC(CC(C3)C1)C2. The van der Waals surface area contributed by atoms with Crippen molar-refractivity contribution in [3.63, 3.8) is 0 Å². The van der Waals surface area contributed by atoms with Crippen LogP contribution in [0, 0.1) is 17.8 Å². The fourth-order valence-corrected chi connectivity index (χ4v) is 6.30. The molecule has 0 amide bonds. The summed E-state index contributed by atoms with van der Waals surface area (Å²) in [5.41, 5.74) is 0.961. The molecule has 1 unspecified atom stereocenters. The Morgan fingerprint density at radius 3 is 2.19 bits per heavy atom. The first-order valence-electron chi connectivity index (χ1n) is 9.79. The van der Waals surface area contributed by atoms with Crippen molar-refractivity contribution < 1.29 is 9.90 Å². The van der Waals surface area contributed by atoms with Crippen LogP contribution in [0.1, 0.15) is 57.3 Å². The van der Waals surface area contributed by atoms with Crippen molar-refractivity contribution in [1.82, 2.24) is 14.8 Å². The number of aromatic nitrogens is 3. The maximum atomic E-state index is 11.9. The standard InChI is InChI=1S/C21H25N3O2/c1-13(19(25)26)24-18(17-5-3-2-4-6-17)22-23-20(24)21-10-14-7-15(11-21)9-16(8-14)12-21/h2-6,13-16H,7-12H2,1H3,(H,25,26). The lowest BCUT2D eigenvalue weighted by atomic mass is 9.49. The molecule has 0 saturated heterocycles. The van der Waals surface area contributed by atoms with Gasteiger partial charge in [-0.1, -0.05) is 30.3 Å². The molecule has 2 aromatic rings. The van der Waals surface area contributed by atoms with Gasteiger partial charge in [0.1, 0.15) is 11.9 Å². The van der Waals surface area contributed by atoms with E-state index < -0.39 is 12.0 Å². The fraction of sp³-hybridized carbons (Fsp3) is 0.571. The van der Waals surface area contributed by atoms with Gasteiger partial charge in [-0.05, 0) is 63.2 Å². The summed E-state index contributed by atoms with van der Waals surface area (Å²) >= 11 is 0. The molecule has 4 aliphatic carbocycles. The molecule has 4 saturated carbocycles. The molecule has 5 heteroatoms. The minimum atomic E-state index is -0.826. The van der Waals surface area contributed by atoms with Crippen LogP contribution in [0.5, 0.6) is 0 Å². The van der Waals surface area contributed by atoms with E-state index in [1.54, 1.807) is 6.92 Å². The van der Waals surface area contributed by atoms with Crippen molar-refractivity contribution in [2.45, 2.75) is 56.9 Å². The molecule has 1 heterocycles. The largest absolute Gasteiger partial charge is 0.480 e. The Kier molecular flexibility index (Phi) is 3.49. The topological polar surface area (TPSA) is 68.0 Å². The van der Waals surface area contributed by atoms with Crippen LogP contribution in [0.4, 0.5) is 0 Å². The summed E-state index contributed by atoms with van der Waals surface area (Å²) in [4.78, 5) is 11.9. The molecular weight excluding hydrogens is 326 g/mol. The molecule has 5 nitrogen and oxygen atoms in total. The number of nitrogens with zero attached hydrogens (tertiary/aromatic N) is 3. The highest BCUT2D eigenvalue weighted by molar-refractivity contribution is 5.73. The van der Waals surface area contributed by atoms with E-state index in [2.05, 4.69) is 10.2 Å². The lowest BCUT2D eigenvalue weighted by molar-refractivity contribution is -0.140. The average Bonchev–Trinajstić information content (AvgIpc) is 3.06. The van der Waals surface area contributed by atoms with Gasteiger partial charge in [-0.2, -0.15) is 0 Å². The van der Waals surface area contributed by atoms with Crippen molar-refractivity contribution in [1.29, 1.82) is 0 Å². The molecule has 136 valence electrons. The predicted octanol–water partition coefficient (Wildman–Crippen LogP) is 4.06. The van der Waals surface area contributed by atoms with E-state index in [1.807, 2.05) is 34.9 Å². The third kappa shape index (κ3) is 2.32. The molecule has 26 heavy (non-hydrogen) atoms. The van der Waals surface area contributed by atoms with Crippen molar-refractivity contribution in [2.75, 3.05) is 0 Å². The second-order valence-corrected chi connectivity index (χ2v) is 8.80. The first-order chi connectivity index (χ1) is 12.6. The Balaban J connectivity index is 1.66. The summed E-state index contributed by atoms with van der Waals surface area (Å²) in [7, 11) is 0. The van der Waals surface area contributed by atoms with E-state index in [4.69, 9.17) is 0 Å². The second-order valence-electron chi connectivity index (χ2n) is 8.80. The average molecular weight is 351 g/mol. The van der Waals surface area contributed by atoms with E-state index in [0.717, 1.165) is 48.4 Å². The van der Waals surface area contributed by atoms with Crippen LogP contribution in [0.15, 0.2) is 30.3 Å². The summed E-state index contributed by atoms with van der Waals surface area (Å²) in [6.07, 6.45) is 7.52. The minimum Gasteiger partial charge on any atom is -0.480 e. The van der Waals surface area contributed by atoms with Crippen LogP contribution >= 0.6 is 0 Å². The summed E-state index contributed by atoms with van der Waals surface area (Å²) < 4.78 is 1.92. The number of hydrogen-bond acceptors (Lipinski definition) is 3. The van der Waals surface area contributed by atoms with Gasteiger partial charge < -0.3 is 5.11 Å². The number of carboxylic acids is 1. The fourth-order valence-electron chi connectivity index (χ4n) is 6.30. The second kappa shape index (κ2) is 5.66. The van der Waals surface area contributed by atoms with E-state index >= 15 is 0 Å². The number of carbonyl (C=O) groups is 1. The molecule has 1 aromatic heterocycles. The van der Waals surface area contributed by atoms with Crippen LogP contribution in [-0.2, 0) is 10.2 Å². The Bertz CT molecular complexity index is 807. The molecule has 0 aliphatic heterocycles. The Morgan fingerprint density at radius 1 is 1.08 bits per heavy atom. The highest BCUT2D eigenvalue weighted by atomic mass is 16.4. The molecule has 4 bridgehead atoms. The monoisotopic (exact) mass is 351 g/mol. The van der Waals surface area contributed by atoms with Gasteiger partial charge in [0, 0.05) is 11.0 Å². The normalized spacial score (nSPS) is 33.3. The summed E-state index contributed by atoms with van der Waals surface area (Å²) in [5, 5.41) is 18.9. The maximum absolute atomic E-state index is 11.9. The number of aliphatic carboxylic acids is 1. The van der Waals surface area contributed by atoms with Gasteiger partial charge in [0.15, 0.2) is 5.82 Å². The summed E-state index contributed by atoms with van der Waals surface area (Å²) in [5.74, 6) is 3.13. The molecule has 4 fully saturated rings. The molecular formula is C21H25N3O2. The van der Waals surface area contributed by atoms with Crippen LogP contribution in [0.2, 0.25) is 0 Å². The maximum Gasteiger partial charge on any atom is 0.326 e. The van der Waals surface area contributed by atoms with E-state index in [0.29, 0.717) is 5.82 Å². The first kappa shape index (κ1) is 16.0. The van der Waals surface area contributed by atoms with E-state index in [1.165, 1.54) is 19.3 Å². The molecule has 0 spiro atoms. The minimum absolute atomic E-state index is 0.0263. The van der Waals surface area contributed by atoms with Crippen molar-refractivity contribution in [2.24, 2.45) is 17.8 Å². The highest BCUT2D eigenvalue weighted by Crippen LogP contribution is 2.60. The molecule has 1 aromatic carbocycles. The number of rotatable bonds is 4. The number of hydrogen-bond donors (Lipinski definition) is 1. The number of carboxylic acid groups (broad SMARTS) is 1. The van der Waals surface area contributed by atoms with Crippen molar-refractivity contribution >= 4 is 5.97 Å².